The molecule has 0 heterocycles. The Labute approximate surface area is 117 Å². The second kappa shape index (κ2) is 36.6. The van der Waals surface area contributed by atoms with Gasteiger partial charge in [-0.1, -0.05) is 0 Å². The summed E-state index contributed by atoms with van der Waals surface area (Å²) >= 11 is 0. The van der Waals surface area contributed by atoms with Crippen molar-refractivity contribution in [2.24, 2.45) is 0 Å². The summed E-state index contributed by atoms with van der Waals surface area (Å²) < 4.78 is 0. The molecule has 0 aliphatic carbocycles. The van der Waals surface area contributed by atoms with Crippen LogP contribution < -0.4 is 15.3 Å². The van der Waals surface area contributed by atoms with Crippen molar-refractivity contribution in [3.8, 4) is 0 Å². The Morgan fingerprint density at radius 1 is 0.625 bits per heavy atom. The number of aliphatic carboxylic acids is 3. The molecule has 0 aromatic carbocycles. The maximum Gasteiger partial charge on any atom is 3.00 e. The van der Waals surface area contributed by atoms with Crippen LogP contribution in [0, 0.1) is 0 Å². The van der Waals surface area contributed by atoms with Crippen molar-refractivity contribution in [3.05, 3.63) is 0 Å². The van der Waals surface area contributed by atoms with Gasteiger partial charge in [-0.15, -0.1) is 0 Å². The fourth-order valence-electron chi connectivity index (χ4n) is 0. The van der Waals surface area contributed by atoms with Crippen molar-refractivity contribution in [3.63, 3.8) is 0 Å². The number of hydrogen-bond donors (Lipinski definition) is 0. The van der Waals surface area contributed by atoms with Crippen LogP contribution in [0.2, 0.25) is 0 Å². The largest absolute Gasteiger partial charge is 3.00 e. The van der Waals surface area contributed by atoms with Crippen molar-refractivity contribution in [2.45, 2.75) is 20.8 Å². The first-order valence-electron chi connectivity index (χ1n) is 2.72. The Kier molecular flexibility index (Phi) is 104. The molecule has 0 atom stereocenters. The molecule has 0 bridgehead atoms. The van der Waals surface area contributed by atoms with Gasteiger partial charge in [0.25, 0.3) is 0 Å². The van der Waals surface area contributed by atoms with Gasteiger partial charge in [0.05, 0.1) is 0 Å². The van der Waals surface area contributed by atoms with Crippen LogP contribution in [0.15, 0.2) is 0 Å². The van der Waals surface area contributed by atoms with E-state index in [9.17, 15) is 0 Å². The van der Waals surface area contributed by atoms with Crippen LogP contribution in [0.4, 0.5) is 0 Å². The minimum absolute atomic E-state index is 0. The zero-order valence-corrected chi connectivity index (χ0v) is 11.9. The molecule has 0 aliphatic rings. The van der Waals surface area contributed by atoms with E-state index < -0.39 is 17.9 Å². The molecule has 0 radical (unpaired) electrons. The zero-order valence-electron chi connectivity index (χ0n) is 9.03. The van der Waals surface area contributed by atoms with Crippen LogP contribution in [0.3, 0.4) is 0 Å². The molecule has 96 valence electrons. The topological polar surface area (TPSA) is 215 Å². The van der Waals surface area contributed by atoms with Gasteiger partial charge in [-0.3, -0.25) is 0 Å². The molecule has 0 unspecified atom stereocenters. The third-order valence-corrected chi connectivity index (χ3v) is 0. The summed E-state index contributed by atoms with van der Waals surface area (Å²) in [7, 11) is 0. The smallest absolute Gasteiger partial charge is 0.550 e. The summed E-state index contributed by atoms with van der Waals surface area (Å²) in [6.45, 7) is 2.92. The fraction of sp³-hybridized carbons (Fsp3) is 0.500. The summed E-state index contributed by atoms with van der Waals surface area (Å²) in [5, 5.41) is 26.7. The Hall–Kier alpha value is -0.606. The normalized spacial score (nSPS) is 4.69. The zero-order chi connectivity index (χ0) is 10.7. The molecule has 0 saturated heterocycles. The maximum absolute atomic E-state index is 8.89. The summed E-state index contributed by atoms with van der Waals surface area (Å²) in [5.74, 6) is -3.25. The molecule has 0 rings (SSSR count). The maximum atomic E-state index is 8.89. The molecule has 0 amide bonds. The third-order valence-electron chi connectivity index (χ3n) is 0. The first-order chi connectivity index (χ1) is 5.20. The molecule has 0 spiro atoms. The summed E-state index contributed by atoms with van der Waals surface area (Å²) in [6.07, 6.45) is 0. The number of carboxylic acid groups (broad SMARTS) is 3. The Morgan fingerprint density at radius 3 is 0.625 bits per heavy atom. The Morgan fingerprint density at radius 2 is 0.625 bits per heavy atom. The van der Waals surface area contributed by atoms with Crippen LogP contribution in [0.1, 0.15) is 20.8 Å². The molecule has 16 heavy (non-hydrogen) atoms. The molecule has 0 aromatic rings. The molecule has 6 N–H and O–H groups in total. The third kappa shape index (κ3) is 5600. The van der Waals surface area contributed by atoms with E-state index in [4.69, 9.17) is 29.7 Å². The van der Waals surface area contributed by atoms with E-state index in [1.165, 1.54) is 0 Å². The van der Waals surface area contributed by atoms with E-state index in [0.717, 1.165) is 20.8 Å². The average Bonchev–Trinajstić information content (AvgIpc) is 1.54. The quantitative estimate of drug-likeness (QED) is 0.422. The van der Waals surface area contributed by atoms with Gasteiger partial charge in [0.2, 0.25) is 0 Å². The van der Waals surface area contributed by atoms with Gasteiger partial charge in [-0.05, 0) is 20.8 Å². The van der Waals surface area contributed by atoms with Crippen LogP contribution >= 0.6 is 0 Å². The predicted octanol–water partition coefficient (Wildman–Crippen LogP) is -6.21. The van der Waals surface area contributed by atoms with E-state index in [-0.39, 0.29) is 49.1 Å². The van der Waals surface area contributed by atoms with Gasteiger partial charge in [0, 0.05) is 17.9 Å². The van der Waals surface area contributed by atoms with Crippen LogP contribution in [-0.4, -0.2) is 34.3 Å². The SMILES string of the molecule is CC(=O)[O-].CC(=O)[O-].CC(=O)[O-].O.O.O.[Y+3]. The van der Waals surface area contributed by atoms with Crippen LogP contribution in [0.25, 0.3) is 0 Å². The molecule has 9 nitrogen and oxygen atoms in total. The number of carbonyl (C=O) groups excluding carboxylic acids is 3. The molecule has 10 heteroatoms. The minimum Gasteiger partial charge on any atom is -0.550 e. The first-order valence-corrected chi connectivity index (χ1v) is 2.72. The number of rotatable bonds is 0. The predicted molar refractivity (Wildman–Crippen MR) is 42.9 cm³/mol. The van der Waals surface area contributed by atoms with Gasteiger partial charge in [-0.2, -0.15) is 0 Å². The Balaban J connectivity index is -0.0000000135. The summed E-state index contributed by atoms with van der Waals surface area (Å²) in [5.41, 5.74) is 0. The van der Waals surface area contributed by atoms with Crippen molar-refractivity contribution in [1.82, 2.24) is 0 Å². The number of carbonyl (C=O) groups is 3. The van der Waals surface area contributed by atoms with Crippen molar-refractivity contribution >= 4 is 17.9 Å². The number of hydrogen-bond acceptors (Lipinski definition) is 6. The van der Waals surface area contributed by atoms with Crippen LogP contribution in [-0.2, 0) is 47.1 Å². The van der Waals surface area contributed by atoms with E-state index >= 15 is 0 Å². The van der Waals surface area contributed by atoms with Crippen LogP contribution in [0.5, 0.6) is 0 Å². The minimum atomic E-state index is -1.08. The molecular formula is C6H15O9Y. The molecule has 0 aliphatic heterocycles. The monoisotopic (exact) mass is 320 g/mol. The summed E-state index contributed by atoms with van der Waals surface area (Å²) in [4.78, 5) is 26.7. The molecule has 0 saturated carbocycles. The molecular weight excluding hydrogens is 305 g/mol. The van der Waals surface area contributed by atoms with E-state index in [1.807, 2.05) is 0 Å². The van der Waals surface area contributed by atoms with E-state index in [0.29, 0.717) is 0 Å². The van der Waals surface area contributed by atoms with Gasteiger partial charge >= 0.3 is 32.7 Å². The average molecular weight is 320 g/mol. The van der Waals surface area contributed by atoms with Gasteiger partial charge in [0.15, 0.2) is 0 Å². The van der Waals surface area contributed by atoms with Crippen molar-refractivity contribution in [2.75, 3.05) is 0 Å². The number of carboxylic acids is 3. The standard InChI is InChI=1S/3C2H4O2.3H2O.Y/c3*1-2(3)4;;;;/h3*1H3,(H,3,4);3*1H2;/q;;;;;;+3/p-3. The molecule has 0 aromatic heterocycles. The fourth-order valence-corrected chi connectivity index (χ4v) is 0. The van der Waals surface area contributed by atoms with Crippen molar-refractivity contribution < 1.29 is 78.8 Å². The second-order valence-corrected chi connectivity index (χ2v) is 1.47. The second-order valence-electron chi connectivity index (χ2n) is 1.47. The van der Waals surface area contributed by atoms with Gasteiger partial charge in [-0.25, -0.2) is 0 Å². The van der Waals surface area contributed by atoms with Gasteiger partial charge in [0.1, 0.15) is 0 Å². The van der Waals surface area contributed by atoms with E-state index in [2.05, 4.69) is 0 Å². The summed E-state index contributed by atoms with van der Waals surface area (Å²) in [6, 6.07) is 0. The first kappa shape index (κ1) is 45.3. The van der Waals surface area contributed by atoms with E-state index in [1.54, 1.807) is 0 Å². The Bertz CT molecular complexity index is 118. The van der Waals surface area contributed by atoms with Crippen molar-refractivity contribution in [1.29, 1.82) is 0 Å². The van der Waals surface area contributed by atoms with Gasteiger partial charge < -0.3 is 46.1 Å². The molecule has 0 fully saturated rings.